The van der Waals surface area contributed by atoms with Gasteiger partial charge in [0.2, 0.25) is 5.91 Å². The SMILES string of the molecule is Cc1cc(Br)ccc1NC(=O)NC(CCC(N)=O)C(=O)O. The maximum atomic E-state index is 11.8. The van der Waals surface area contributed by atoms with Crippen molar-refractivity contribution in [2.24, 2.45) is 5.73 Å². The number of amides is 3. The van der Waals surface area contributed by atoms with Crippen LogP contribution in [-0.4, -0.2) is 29.1 Å². The minimum atomic E-state index is -1.22. The number of aryl methyl sites for hydroxylation is 1. The van der Waals surface area contributed by atoms with E-state index >= 15 is 0 Å². The highest BCUT2D eigenvalue weighted by Crippen LogP contribution is 2.19. The van der Waals surface area contributed by atoms with Crippen LogP contribution in [0.4, 0.5) is 10.5 Å². The highest BCUT2D eigenvalue weighted by molar-refractivity contribution is 9.10. The number of nitrogens with two attached hydrogens (primary N) is 1. The molecule has 1 atom stereocenters. The van der Waals surface area contributed by atoms with Crippen LogP contribution in [-0.2, 0) is 9.59 Å². The molecule has 3 amide bonds. The van der Waals surface area contributed by atoms with E-state index in [-0.39, 0.29) is 12.8 Å². The van der Waals surface area contributed by atoms with Gasteiger partial charge < -0.3 is 21.5 Å². The van der Waals surface area contributed by atoms with Gasteiger partial charge >= 0.3 is 12.0 Å². The lowest BCUT2D eigenvalue weighted by molar-refractivity contribution is -0.139. The molecule has 0 radical (unpaired) electrons. The molecule has 5 N–H and O–H groups in total. The van der Waals surface area contributed by atoms with Gasteiger partial charge in [-0.2, -0.15) is 0 Å². The smallest absolute Gasteiger partial charge is 0.326 e. The van der Waals surface area contributed by atoms with Gasteiger partial charge in [-0.3, -0.25) is 4.79 Å². The van der Waals surface area contributed by atoms with E-state index in [9.17, 15) is 14.4 Å². The van der Waals surface area contributed by atoms with E-state index < -0.39 is 23.9 Å². The van der Waals surface area contributed by atoms with Crippen LogP contribution in [0.5, 0.6) is 0 Å². The number of anilines is 1. The Labute approximate surface area is 130 Å². The van der Waals surface area contributed by atoms with Crippen LogP contribution in [0.25, 0.3) is 0 Å². The Morgan fingerprint density at radius 1 is 1.38 bits per heavy atom. The highest BCUT2D eigenvalue weighted by Gasteiger charge is 2.20. The molecule has 1 aromatic rings. The first-order chi connectivity index (χ1) is 9.79. The Bertz CT molecular complexity index is 562. The third kappa shape index (κ3) is 5.82. The molecule has 21 heavy (non-hydrogen) atoms. The summed E-state index contributed by atoms with van der Waals surface area (Å²) in [6, 6.07) is 3.44. The monoisotopic (exact) mass is 357 g/mol. The number of benzene rings is 1. The van der Waals surface area contributed by atoms with Crippen LogP contribution >= 0.6 is 15.9 Å². The Hall–Kier alpha value is -2.09. The summed E-state index contributed by atoms with van der Waals surface area (Å²) in [4.78, 5) is 33.5. The van der Waals surface area contributed by atoms with E-state index in [0.717, 1.165) is 10.0 Å². The molecule has 0 heterocycles. The van der Waals surface area contributed by atoms with Crippen LogP contribution < -0.4 is 16.4 Å². The van der Waals surface area contributed by atoms with E-state index in [1.54, 1.807) is 12.1 Å². The van der Waals surface area contributed by atoms with Crippen molar-refractivity contribution < 1.29 is 19.5 Å². The normalized spacial score (nSPS) is 11.5. The first-order valence-corrected chi connectivity index (χ1v) is 6.93. The fourth-order valence-corrected chi connectivity index (χ4v) is 2.10. The van der Waals surface area contributed by atoms with Crippen LogP contribution in [0.2, 0.25) is 0 Å². The zero-order chi connectivity index (χ0) is 16.0. The number of carboxylic acid groups (broad SMARTS) is 1. The van der Waals surface area contributed by atoms with E-state index in [2.05, 4.69) is 26.6 Å². The number of hydrogen-bond acceptors (Lipinski definition) is 3. The van der Waals surface area contributed by atoms with Crippen LogP contribution in [0.15, 0.2) is 22.7 Å². The number of halogens is 1. The van der Waals surface area contributed by atoms with Gasteiger partial charge in [-0.05, 0) is 37.1 Å². The van der Waals surface area contributed by atoms with Crippen molar-refractivity contribution in [3.63, 3.8) is 0 Å². The van der Waals surface area contributed by atoms with E-state index in [4.69, 9.17) is 10.8 Å². The highest BCUT2D eigenvalue weighted by atomic mass is 79.9. The van der Waals surface area contributed by atoms with E-state index in [1.165, 1.54) is 0 Å². The standard InChI is InChI=1S/C13H16BrN3O4/c1-7-6-8(14)2-3-9(7)16-13(21)17-10(12(19)20)4-5-11(15)18/h2-3,6,10H,4-5H2,1H3,(H2,15,18)(H,19,20)(H2,16,17,21). The summed E-state index contributed by atoms with van der Waals surface area (Å²) in [5.41, 5.74) is 6.35. The van der Waals surface area contributed by atoms with Gasteiger partial charge in [0.25, 0.3) is 0 Å². The summed E-state index contributed by atoms with van der Waals surface area (Å²) in [6.45, 7) is 1.81. The molecule has 0 saturated heterocycles. The maximum absolute atomic E-state index is 11.8. The first kappa shape index (κ1) is 17.0. The molecular formula is C13H16BrN3O4. The topological polar surface area (TPSA) is 122 Å². The van der Waals surface area contributed by atoms with E-state index in [0.29, 0.717) is 5.69 Å². The molecule has 0 fully saturated rings. The number of hydrogen-bond donors (Lipinski definition) is 4. The number of rotatable bonds is 6. The van der Waals surface area contributed by atoms with E-state index in [1.807, 2.05) is 13.0 Å². The molecule has 7 nitrogen and oxygen atoms in total. The molecule has 1 aromatic carbocycles. The van der Waals surface area contributed by atoms with Crippen molar-refractivity contribution in [3.05, 3.63) is 28.2 Å². The minimum Gasteiger partial charge on any atom is -0.480 e. The Kier molecular flexibility index (Phi) is 6.16. The second-order valence-electron chi connectivity index (χ2n) is 4.45. The summed E-state index contributed by atoms with van der Waals surface area (Å²) >= 11 is 3.31. The second-order valence-corrected chi connectivity index (χ2v) is 5.37. The molecule has 0 aliphatic carbocycles. The summed E-state index contributed by atoms with van der Waals surface area (Å²) in [5.74, 6) is -1.84. The van der Waals surface area contributed by atoms with Crippen LogP contribution in [0.3, 0.4) is 0 Å². The average Bonchev–Trinajstić information content (AvgIpc) is 2.37. The third-order valence-electron chi connectivity index (χ3n) is 2.72. The van der Waals surface area contributed by atoms with Gasteiger partial charge in [-0.15, -0.1) is 0 Å². The van der Waals surface area contributed by atoms with Gasteiger partial charge in [-0.25, -0.2) is 9.59 Å². The third-order valence-corrected chi connectivity index (χ3v) is 3.21. The summed E-state index contributed by atoms with van der Waals surface area (Å²) < 4.78 is 0.871. The van der Waals surface area contributed by atoms with Crippen LogP contribution in [0, 0.1) is 6.92 Å². The number of carboxylic acids is 1. The molecule has 0 spiro atoms. The molecule has 8 heteroatoms. The number of urea groups is 1. The fourth-order valence-electron chi connectivity index (χ4n) is 1.63. The predicted octanol–water partition coefficient (Wildman–Crippen LogP) is 1.60. The Balaban J connectivity index is 2.65. The van der Waals surface area contributed by atoms with Crippen molar-refractivity contribution >= 4 is 39.5 Å². The number of carbonyl (C=O) groups excluding carboxylic acids is 2. The Morgan fingerprint density at radius 2 is 2.05 bits per heavy atom. The molecular weight excluding hydrogens is 342 g/mol. The molecule has 114 valence electrons. The Morgan fingerprint density at radius 3 is 2.57 bits per heavy atom. The number of nitrogens with one attached hydrogen (secondary N) is 2. The predicted molar refractivity (Wildman–Crippen MR) is 80.9 cm³/mol. The second kappa shape index (κ2) is 7.63. The van der Waals surface area contributed by atoms with Crippen molar-refractivity contribution in [2.75, 3.05) is 5.32 Å². The molecule has 1 rings (SSSR count). The summed E-state index contributed by atoms with van der Waals surface area (Å²) in [5, 5.41) is 13.8. The van der Waals surface area contributed by atoms with Crippen LogP contribution in [0.1, 0.15) is 18.4 Å². The molecule has 0 aromatic heterocycles. The molecule has 0 aliphatic rings. The fraction of sp³-hybridized carbons (Fsp3) is 0.308. The zero-order valence-corrected chi connectivity index (χ0v) is 12.9. The molecule has 0 saturated carbocycles. The molecule has 0 bridgehead atoms. The summed E-state index contributed by atoms with van der Waals surface area (Å²) in [6.07, 6.45) is -0.175. The van der Waals surface area contributed by atoms with Crippen molar-refractivity contribution in [3.8, 4) is 0 Å². The quantitative estimate of drug-likeness (QED) is 0.617. The zero-order valence-electron chi connectivity index (χ0n) is 11.4. The number of carbonyl (C=O) groups is 3. The van der Waals surface area contributed by atoms with Crippen molar-refractivity contribution in [2.45, 2.75) is 25.8 Å². The summed E-state index contributed by atoms with van der Waals surface area (Å²) in [7, 11) is 0. The number of primary amides is 1. The molecule has 0 aliphatic heterocycles. The molecule has 1 unspecified atom stereocenters. The lowest BCUT2D eigenvalue weighted by Gasteiger charge is -2.15. The van der Waals surface area contributed by atoms with Crippen molar-refractivity contribution in [1.82, 2.24) is 5.32 Å². The van der Waals surface area contributed by atoms with Gasteiger partial charge in [-0.1, -0.05) is 15.9 Å². The van der Waals surface area contributed by atoms with Crippen molar-refractivity contribution in [1.29, 1.82) is 0 Å². The first-order valence-electron chi connectivity index (χ1n) is 6.14. The maximum Gasteiger partial charge on any atom is 0.326 e. The van der Waals surface area contributed by atoms with Gasteiger partial charge in [0.05, 0.1) is 0 Å². The van der Waals surface area contributed by atoms with Gasteiger partial charge in [0.15, 0.2) is 0 Å². The van der Waals surface area contributed by atoms with Gasteiger partial charge in [0, 0.05) is 16.6 Å². The lowest BCUT2D eigenvalue weighted by atomic mass is 10.1. The largest absolute Gasteiger partial charge is 0.480 e. The number of aliphatic carboxylic acids is 1. The lowest BCUT2D eigenvalue weighted by Crippen LogP contribution is -2.43. The average molecular weight is 358 g/mol. The minimum absolute atomic E-state index is 0.0581. The van der Waals surface area contributed by atoms with Gasteiger partial charge in [0.1, 0.15) is 6.04 Å².